The summed E-state index contributed by atoms with van der Waals surface area (Å²) >= 11 is 0. The quantitative estimate of drug-likeness (QED) is 0.728. The van der Waals surface area contributed by atoms with Gasteiger partial charge in [-0.25, -0.2) is 8.42 Å². The molecule has 9 heteroatoms. The van der Waals surface area contributed by atoms with Gasteiger partial charge in [0.15, 0.2) is 21.3 Å². The number of ether oxygens (including phenoxy) is 3. The Hall–Kier alpha value is -2.00. The van der Waals surface area contributed by atoms with Gasteiger partial charge in [0.25, 0.3) is 0 Å². The molecule has 0 radical (unpaired) electrons. The Bertz CT molecular complexity index is 679. The SMILES string of the molecule is COc1cc(NC(=O)CNC2CCS(=O)(=O)C2)cc(OC)c1OC. The second-order valence-electron chi connectivity index (χ2n) is 5.44. The van der Waals surface area contributed by atoms with E-state index in [2.05, 4.69) is 10.6 Å². The molecule has 1 atom stereocenters. The minimum absolute atomic E-state index is 0.0246. The summed E-state index contributed by atoms with van der Waals surface area (Å²) in [5, 5.41) is 5.68. The fourth-order valence-corrected chi connectivity index (χ4v) is 4.26. The summed E-state index contributed by atoms with van der Waals surface area (Å²) in [5.74, 6) is 1.26. The van der Waals surface area contributed by atoms with Gasteiger partial charge >= 0.3 is 0 Å². The number of methoxy groups -OCH3 is 3. The lowest BCUT2D eigenvalue weighted by Gasteiger charge is -2.15. The number of amides is 1. The molecule has 1 amide bonds. The number of nitrogens with one attached hydrogen (secondary N) is 2. The van der Waals surface area contributed by atoms with Crippen LogP contribution in [0.2, 0.25) is 0 Å². The van der Waals surface area contributed by atoms with E-state index >= 15 is 0 Å². The minimum atomic E-state index is -2.97. The predicted molar refractivity (Wildman–Crippen MR) is 89.8 cm³/mol. The molecule has 1 aromatic carbocycles. The van der Waals surface area contributed by atoms with Gasteiger partial charge in [-0.15, -0.1) is 0 Å². The van der Waals surface area contributed by atoms with Crippen molar-refractivity contribution >= 4 is 21.4 Å². The largest absolute Gasteiger partial charge is 0.493 e. The van der Waals surface area contributed by atoms with E-state index in [0.717, 1.165) is 0 Å². The summed E-state index contributed by atoms with van der Waals surface area (Å²) in [6, 6.07) is 3.07. The van der Waals surface area contributed by atoms with Crippen molar-refractivity contribution in [2.24, 2.45) is 0 Å². The third kappa shape index (κ3) is 4.51. The van der Waals surface area contributed by atoms with Crippen LogP contribution in [0.25, 0.3) is 0 Å². The van der Waals surface area contributed by atoms with E-state index in [1.165, 1.54) is 21.3 Å². The van der Waals surface area contributed by atoms with Crippen LogP contribution in [0.15, 0.2) is 12.1 Å². The standard InChI is InChI=1S/C15H22N2O6S/c1-21-12-6-11(7-13(22-2)15(12)23-3)17-14(18)8-16-10-4-5-24(19,20)9-10/h6-7,10,16H,4-5,8-9H2,1-3H3,(H,17,18). The van der Waals surface area contributed by atoms with Gasteiger partial charge in [0.2, 0.25) is 11.7 Å². The van der Waals surface area contributed by atoms with Crippen LogP contribution in [-0.2, 0) is 14.6 Å². The highest BCUT2D eigenvalue weighted by Crippen LogP contribution is 2.39. The molecule has 0 aromatic heterocycles. The van der Waals surface area contributed by atoms with E-state index in [9.17, 15) is 13.2 Å². The van der Waals surface area contributed by atoms with E-state index in [1.807, 2.05) is 0 Å². The van der Waals surface area contributed by atoms with Crippen molar-refractivity contribution in [2.75, 3.05) is 44.7 Å². The number of hydrogen-bond donors (Lipinski definition) is 2. The highest BCUT2D eigenvalue weighted by Gasteiger charge is 2.27. The number of anilines is 1. The Morgan fingerprint density at radius 3 is 2.25 bits per heavy atom. The minimum Gasteiger partial charge on any atom is -0.493 e. The van der Waals surface area contributed by atoms with E-state index in [0.29, 0.717) is 29.4 Å². The molecule has 0 bridgehead atoms. The van der Waals surface area contributed by atoms with Crippen molar-refractivity contribution in [3.8, 4) is 17.2 Å². The Kier molecular flexibility index (Phi) is 5.89. The lowest BCUT2D eigenvalue weighted by molar-refractivity contribution is -0.115. The average molecular weight is 358 g/mol. The van der Waals surface area contributed by atoms with Crippen LogP contribution in [0.4, 0.5) is 5.69 Å². The lowest BCUT2D eigenvalue weighted by atomic mass is 10.2. The van der Waals surface area contributed by atoms with Crippen LogP contribution < -0.4 is 24.8 Å². The van der Waals surface area contributed by atoms with Crippen molar-refractivity contribution in [3.05, 3.63) is 12.1 Å². The zero-order valence-electron chi connectivity index (χ0n) is 13.9. The molecule has 0 aliphatic carbocycles. The summed E-state index contributed by atoms with van der Waals surface area (Å²) in [6.45, 7) is 0.0246. The van der Waals surface area contributed by atoms with E-state index in [-0.39, 0.29) is 30.0 Å². The van der Waals surface area contributed by atoms with Gasteiger partial charge in [0.05, 0.1) is 39.4 Å². The second kappa shape index (κ2) is 7.71. The van der Waals surface area contributed by atoms with Gasteiger partial charge in [-0.3, -0.25) is 4.79 Å². The predicted octanol–water partition coefficient (Wildman–Crippen LogP) is 0.428. The molecule has 2 rings (SSSR count). The van der Waals surface area contributed by atoms with Crippen LogP contribution >= 0.6 is 0 Å². The Labute approximate surface area is 141 Å². The van der Waals surface area contributed by atoms with Crippen LogP contribution in [0.1, 0.15) is 6.42 Å². The molecule has 8 nitrogen and oxygen atoms in total. The Morgan fingerprint density at radius 2 is 1.79 bits per heavy atom. The van der Waals surface area contributed by atoms with Crippen molar-refractivity contribution in [2.45, 2.75) is 12.5 Å². The molecule has 1 aliphatic rings. The van der Waals surface area contributed by atoms with E-state index < -0.39 is 9.84 Å². The molecule has 1 unspecified atom stereocenters. The zero-order chi connectivity index (χ0) is 17.7. The van der Waals surface area contributed by atoms with Gasteiger partial charge in [-0.1, -0.05) is 0 Å². The van der Waals surface area contributed by atoms with Gasteiger partial charge in [0, 0.05) is 23.9 Å². The molecule has 0 saturated carbocycles. The normalized spacial score (nSPS) is 18.9. The zero-order valence-corrected chi connectivity index (χ0v) is 14.7. The van der Waals surface area contributed by atoms with Gasteiger partial charge in [0.1, 0.15) is 0 Å². The number of carbonyl (C=O) groups excluding carboxylic acids is 1. The Morgan fingerprint density at radius 1 is 1.17 bits per heavy atom. The molecule has 0 spiro atoms. The van der Waals surface area contributed by atoms with Gasteiger partial charge in [-0.2, -0.15) is 0 Å². The average Bonchev–Trinajstić information content (AvgIpc) is 2.91. The molecule has 1 aliphatic heterocycles. The summed E-state index contributed by atoms with van der Waals surface area (Å²) in [7, 11) is 1.51. The maximum Gasteiger partial charge on any atom is 0.238 e. The molecule has 2 N–H and O–H groups in total. The maximum absolute atomic E-state index is 12.0. The first-order chi connectivity index (χ1) is 11.4. The van der Waals surface area contributed by atoms with Crippen LogP contribution in [0.5, 0.6) is 17.2 Å². The number of hydrogen-bond acceptors (Lipinski definition) is 7. The lowest BCUT2D eigenvalue weighted by Crippen LogP contribution is -2.36. The third-order valence-corrected chi connectivity index (χ3v) is 5.50. The van der Waals surface area contributed by atoms with Gasteiger partial charge < -0.3 is 24.8 Å². The molecule has 134 valence electrons. The van der Waals surface area contributed by atoms with E-state index in [1.54, 1.807) is 12.1 Å². The Balaban J connectivity index is 1.98. The molecular weight excluding hydrogens is 336 g/mol. The monoisotopic (exact) mass is 358 g/mol. The van der Waals surface area contributed by atoms with Crippen LogP contribution in [0.3, 0.4) is 0 Å². The first kappa shape index (κ1) is 18.3. The van der Waals surface area contributed by atoms with Gasteiger partial charge in [-0.05, 0) is 6.42 Å². The topological polar surface area (TPSA) is 103 Å². The van der Waals surface area contributed by atoms with Crippen LogP contribution in [0, 0.1) is 0 Å². The molecule has 1 saturated heterocycles. The number of benzene rings is 1. The maximum atomic E-state index is 12.0. The molecule has 1 fully saturated rings. The van der Waals surface area contributed by atoms with E-state index in [4.69, 9.17) is 14.2 Å². The first-order valence-corrected chi connectivity index (χ1v) is 9.24. The molecular formula is C15H22N2O6S. The summed E-state index contributed by atoms with van der Waals surface area (Å²) < 4.78 is 38.5. The van der Waals surface area contributed by atoms with Crippen molar-refractivity contribution in [1.29, 1.82) is 0 Å². The molecule has 1 heterocycles. The first-order valence-electron chi connectivity index (χ1n) is 7.42. The summed E-state index contributed by atoms with van der Waals surface area (Å²) in [6.07, 6.45) is 0.528. The highest BCUT2D eigenvalue weighted by molar-refractivity contribution is 7.91. The summed E-state index contributed by atoms with van der Waals surface area (Å²) in [4.78, 5) is 12.0. The third-order valence-electron chi connectivity index (χ3n) is 3.73. The summed E-state index contributed by atoms with van der Waals surface area (Å²) in [5.41, 5.74) is 0.496. The second-order valence-corrected chi connectivity index (χ2v) is 7.67. The number of carbonyl (C=O) groups is 1. The number of sulfone groups is 1. The fraction of sp³-hybridized carbons (Fsp3) is 0.533. The van der Waals surface area contributed by atoms with Crippen molar-refractivity contribution < 1.29 is 27.4 Å². The molecule has 1 aromatic rings. The number of rotatable bonds is 7. The van der Waals surface area contributed by atoms with Crippen molar-refractivity contribution in [3.63, 3.8) is 0 Å². The van der Waals surface area contributed by atoms with Crippen molar-refractivity contribution in [1.82, 2.24) is 5.32 Å². The smallest absolute Gasteiger partial charge is 0.238 e. The highest BCUT2D eigenvalue weighted by atomic mass is 32.2. The van der Waals surface area contributed by atoms with Crippen LogP contribution in [-0.4, -0.2) is 59.7 Å². The fourth-order valence-electron chi connectivity index (χ4n) is 2.55. The molecule has 24 heavy (non-hydrogen) atoms.